The van der Waals surface area contributed by atoms with Crippen molar-refractivity contribution in [3.05, 3.63) is 47.3 Å². The molecule has 0 radical (unpaired) electrons. The number of alkyl halides is 3. The number of nitrogens with zero attached hydrogens (tertiary/aromatic N) is 3. The van der Waals surface area contributed by atoms with E-state index in [1.165, 1.54) is 4.90 Å². The first kappa shape index (κ1) is 18.1. The lowest BCUT2D eigenvalue weighted by Gasteiger charge is -2.29. The maximum atomic E-state index is 12.6. The zero-order valence-corrected chi connectivity index (χ0v) is 14.3. The van der Waals surface area contributed by atoms with E-state index in [1.54, 1.807) is 18.2 Å². The Labute approximate surface area is 156 Å². The fraction of sp³-hybridized carbons (Fsp3) is 0.278. The van der Waals surface area contributed by atoms with Crippen LogP contribution in [-0.4, -0.2) is 38.6 Å². The third-order valence-corrected chi connectivity index (χ3v) is 4.76. The van der Waals surface area contributed by atoms with Crippen LogP contribution < -0.4 is 5.32 Å². The van der Waals surface area contributed by atoms with Gasteiger partial charge < -0.3 is 4.90 Å². The molecule has 2 aromatic rings. The van der Waals surface area contributed by atoms with Crippen molar-refractivity contribution in [2.75, 3.05) is 0 Å². The number of piperidine rings is 1. The second-order valence-electron chi connectivity index (χ2n) is 6.56. The van der Waals surface area contributed by atoms with Crippen LogP contribution in [0.4, 0.5) is 13.2 Å². The van der Waals surface area contributed by atoms with Crippen molar-refractivity contribution in [1.82, 2.24) is 20.2 Å². The van der Waals surface area contributed by atoms with Gasteiger partial charge in [0, 0.05) is 36.5 Å². The van der Waals surface area contributed by atoms with Gasteiger partial charge in [0.25, 0.3) is 5.91 Å². The highest BCUT2D eigenvalue weighted by atomic mass is 19.4. The zero-order chi connectivity index (χ0) is 20.1. The number of fused-ring (bicyclic) bond motifs is 1. The molecule has 1 N–H and O–H groups in total. The standard InChI is InChI=1S/C18H13F3N4O3/c19-18(20,21)11-6-22-15(23-7-11)9-1-2-12-10(5-9)8-25(17(12)28)13-3-4-14(26)24-16(13)27/h1-2,5-7,13H,3-4,8H2,(H,24,26,27). The van der Waals surface area contributed by atoms with Gasteiger partial charge >= 0.3 is 6.18 Å². The number of benzene rings is 1. The minimum atomic E-state index is -4.52. The van der Waals surface area contributed by atoms with E-state index < -0.39 is 23.7 Å². The van der Waals surface area contributed by atoms with Gasteiger partial charge in [0.2, 0.25) is 11.8 Å². The predicted molar refractivity (Wildman–Crippen MR) is 88.5 cm³/mol. The van der Waals surface area contributed by atoms with E-state index in [-0.39, 0.29) is 37.0 Å². The number of hydrogen-bond donors (Lipinski definition) is 1. The zero-order valence-electron chi connectivity index (χ0n) is 14.3. The van der Waals surface area contributed by atoms with Crippen LogP contribution in [0.1, 0.15) is 34.3 Å². The van der Waals surface area contributed by atoms with E-state index in [0.717, 1.165) is 0 Å². The molecule has 144 valence electrons. The first-order chi connectivity index (χ1) is 13.2. The van der Waals surface area contributed by atoms with Crippen LogP contribution in [-0.2, 0) is 22.3 Å². The summed E-state index contributed by atoms with van der Waals surface area (Å²) in [5, 5.41) is 2.22. The number of imide groups is 1. The highest BCUT2D eigenvalue weighted by molar-refractivity contribution is 6.05. The Bertz CT molecular complexity index is 989. The number of carbonyl (C=O) groups is 3. The fourth-order valence-corrected chi connectivity index (χ4v) is 3.34. The second kappa shape index (κ2) is 6.39. The number of rotatable bonds is 2. The van der Waals surface area contributed by atoms with Crippen LogP contribution in [0.2, 0.25) is 0 Å². The Morgan fingerprint density at radius 2 is 1.82 bits per heavy atom. The highest BCUT2D eigenvalue weighted by Crippen LogP contribution is 2.31. The maximum absolute atomic E-state index is 12.6. The second-order valence-corrected chi connectivity index (χ2v) is 6.56. The molecular formula is C18H13F3N4O3. The summed E-state index contributed by atoms with van der Waals surface area (Å²) in [7, 11) is 0. The van der Waals surface area contributed by atoms with E-state index >= 15 is 0 Å². The molecule has 1 aromatic heterocycles. The minimum Gasteiger partial charge on any atom is -0.322 e. The Morgan fingerprint density at radius 1 is 1.11 bits per heavy atom. The number of halogens is 3. The van der Waals surface area contributed by atoms with Gasteiger partial charge in [-0.1, -0.05) is 6.07 Å². The van der Waals surface area contributed by atoms with Gasteiger partial charge in [0.15, 0.2) is 5.82 Å². The molecule has 1 fully saturated rings. The summed E-state index contributed by atoms with van der Waals surface area (Å²) in [6.07, 6.45) is -2.71. The molecular weight excluding hydrogens is 377 g/mol. The summed E-state index contributed by atoms with van der Waals surface area (Å²) in [5.41, 5.74) is 0.540. The molecule has 1 aromatic carbocycles. The third kappa shape index (κ3) is 3.10. The molecule has 2 aliphatic rings. The van der Waals surface area contributed by atoms with Crippen molar-refractivity contribution in [2.45, 2.75) is 31.6 Å². The molecule has 0 spiro atoms. The summed E-state index contributed by atoms with van der Waals surface area (Å²) < 4.78 is 37.9. The number of amides is 3. The van der Waals surface area contributed by atoms with Crippen molar-refractivity contribution in [1.29, 1.82) is 0 Å². The highest BCUT2D eigenvalue weighted by Gasteiger charge is 2.39. The molecule has 2 aliphatic heterocycles. The number of hydrogen-bond acceptors (Lipinski definition) is 5. The molecule has 0 bridgehead atoms. The monoisotopic (exact) mass is 390 g/mol. The molecule has 4 rings (SSSR count). The first-order valence-corrected chi connectivity index (χ1v) is 8.41. The Balaban J connectivity index is 1.59. The van der Waals surface area contributed by atoms with E-state index in [4.69, 9.17) is 0 Å². The smallest absolute Gasteiger partial charge is 0.322 e. The van der Waals surface area contributed by atoms with Crippen molar-refractivity contribution in [3.8, 4) is 11.4 Å². The van der Waals surface area contributed by atoms with Gasteiger partial charge in [0.1, 0.15) is 6.04 Å². The lowest BCUT2D eigenvalue weighted by Crippen LogP contribution is -2.52. The summed E-state index contributed by atoms with van der Waals surface area (Å²) in [5.74, 6) is -1.11. The molecule has 1 atom stereocenters. The molecule has 0 aliphatic carbocycles. The molecule has 1 unspecified atom stereocenters. The van der Waals surface area contributed by atoms with Crippen LogP contribution in [0.25, 0.3) is 11.4 Å². The summed E-state index contributed by atoms with van der Waals surface area (Å²) in [6, 6.07) is 3.98. The van der Waals surface area contributed by atoms with E-state index in [2.05, 4.69) is 15.3 Å². The van der Waals surface area contributed by atoms with E-state index in [0.29, 0.717) is 29.1 Å². The normalized spacial score (nSPS) is 19.6. The van der Waals surface area contributed by atoms with Crippen molar-refractivity contribution >= 4 is 17.7 Å². The Morgan fingerprint density at radius 3 is 2.46 bits per heavy atom. The Kier molecular flexibility index (Phi) is 4.13. The minimum absolute atomic E-state index is 0.0997. The first-order valence-electron chi connectivity index (χ1n) is 8.41. The Hall–Kier alpha value is -3.30. The summed E-state index contributed by atoms with van der Waals surface area (Å²) in [6.45, 7) is 0.162. The van der Waals surface area contributed by atoms with Crippen LogP contribution in [0, 0.1) is 0 Å². The molecule has 10 heteroatoms. The van der Waals surface area contributed by atoms with Gasteiger partial charge in [0.05, 0.1) is 5.56 Å². The molecule has 3 amide bonds. The quantitative estimate of drug-likeness (QED) is 0.791. The topological polar surface area (TPSA) is 92.3 Å². The molecule has 7 nitrogen and oxygen atoms in total. The fourth-order valence-electron chi connectivity index (χ4n) is 3.34. The van der Waals surface area contributed by atoms with Crippen LogP contribution >= 0.6 is 0 Å². The average molecular weight is 390 g/mol. The number of carbonyl (C=O) groups excluding carboxylic acids is 3. The van der Waals surface area contributed by atoms with Gasteiger partial charge in [-0.2, -0.15) is 13.2 Å². The van der Waals surface area contributed by atoms with E-state index in [9.17, 15) is 27.6 Å². The van der Waals surface area contributed by atoms with Gasteiger partial charge in [-0.3, -0.25) is 19.7 Å². The largest absolute Gasteiger partial charge is 0.419 e. The molecule has 28 heavy (non-hydrogen) atoms. The van der Waals surface area contributed by atoms with Gasteiger partial charge in [-0.25, -0.2) is 9.97 Å². The average Bonchev–Trinajstić information content (AvgIpc) is 2.97. The predicted octanol–water partition coefficient (Wildman–Crippen LogP) is 1.92. The van der Waals surface area contributed by atoms with Crippen LogP contribution in [0.3, 0.4) is 0 Å². The van der Waals surface area contributed by atoms with Crippen LogP contribution in [0.15, 0.2) is 30.6 Å². The van der Waals surface area contributed by atoms with Gasteiger partial charge in [-0.15, -0.1) is 0 Å². The SMILES string of the molecule is O=C1CCC(N2Cc3cc(-c4ncc(C(F)(F)F)cn4)ccc3C2=O)C(=O)N1. The number of nitrogens with one attached hydrogen (secondary N) is 1. The van der Waals surface area contributed by atoms with Gasteiger partial charge in [-0.05, 0) is 24.1 Å². The maximum Gasteiger partial charge on any atom is 0.419 e. The molecule has 0 saturated carbocycles. The number of aromatic nitrogens is 2. The molecule has 1 saturated heterocycles. The summed E-state index contributed by atoms with van der Waals surface area (Å²) in [4.78, 5) is 44.9. The van der Waals surface area contributed by atoms with Crippen molar-refractivity contribution in [2.24, 2.45) is 0 Å². The van der Waals surface area contributed by atoms with Crippen LogP contribution in [0.5, 0.6) is 0 Å². The van der Waals surface area contributed by atoms with E-state index in [1.807, 2.05) is 0 Å². The molecule has 3 heterocycles. The third-order valence-electron chi connectivity index (χ3n) is 4.76. The lowest BCUT2D eigenvalue weighted by atomic mass is 10.0. The lowest BCUT2D eigenvalue weighted by molar-refractivity contribution is -0.138. The summed E-state index contributed by atoms with van der Waals surface area (Å²) >= 11 is 0. The van der Waals surface area contributed by atoms with Crippen molar-refractivity contribution in [3.63, 3.8) is 0 Å². The van der Waals surface area contributed by atoms with Crippen molar-refractivity contribution < 1.29 is 27.6 Å².